The molecule has 2 fully saturated rings. The Morgan fingerprint density at radius 1 is 1.39 bits per heavy atom. The third-order valence-corrected chi connectivity index (χ3v) is 5.54. The number of hydrogen-bond acceptors (Lipinski definition) is 4. The molecule has 3 unspecified atom stereocenters. The highest BCUT2D eigenvalue weighted by atomic mass is 15.4. The number of nitrogens with zero attached hydrogens (tertiary/aromatic N) is 3. The third kappa shape index (κ3) is 1.58. The quantitative estimate of drug-likeness (QED) is 0.806. The summed E-state index contributed by atoms with van der Waals surface area (Å²) in [5.74, 6) is 0.785. The Morgan fingerprint density at radius 3 is 2.56 bits per heavy atom. The van der Waals surface area contributed by atoms with Crippen LogP contribution in [0.15, 0.2) is 4.99 Å². The van der Waals surface area contributed by atoms with Gasteiger partial charge < -0.3 is 15.5 Å². The number of guanidine groups is 1. The van der Waals surface area contributed by atoms with Gasteiger partial charge >= 0.3 is 0 Å². The van der Waals surface area contributed by atoms with Crippen LogP contribution in [0.2, 0.25) is 0 Å². The van der Waals surface area contributed by atoms with Crippen molar-refractivity contribution in [2.75, 3.05) is 13.6 Å². The Bertz CT molecular complexity index is 351. The van der Waals surface area contributed by atoms with E-state index in [1.807, 2.05) is 0 Å². The molecular formula is C14H26N4. The Labute approximate surface area is 110 Å². The van der Waals surface area contributed by atoms with Gasteiger partial charge in [0.1, 0.15) is 0 Å². The minimum absolute atomic E-state index is 0.234. The van der Waals surface area contributed by atoms with E-state index in [-0.39, 0.29) is 5.54 Å². The molecule has 3 aliphatic rings. The molecule has 2 bridgehead atoms. The number of piperidine rings is 1. The molecule has 4 nitrogen and oxygen atoms in total. The SMILES string of the molecule is CCC(C)N1C(N)=NCC12CC1CCC(C2)N1C. The lowest BCUT2D eigenvalue weighted by molar-refractivity contribution is 0.0333. The molecule has 0 radical (unpaired) electrons. The van der Waals surface area contributed by atoms with Crippen molar-refractivity contribution >= 4 is 5.96 Å². The van der Waals surface area contributed by atoms with Crippen LogP contribution in [0.25, 0.3) is 0 Å². The minimum atomic E-state index is 0.234. The van der Waals surface area contributed by atoms with Gasteiger partial charge in [-0.3, -0.25) is 4.99 Å². The first-order valence-corrected chi connectivity index (χ1v) is 7.38. The maximum atomic E-state index is 6.17. The van der Waals surface area contributed by atoms with Gasteiger partial charge in [-0.2, -0.15) is 0 Å². The van der Waals surface area contributed by atoms with Crippen molar-refractivity contribution in [3.8, 4) is 0 Å². The fourth-order valence-electron chi connectivity index (χ4n) is 4.37. The van der Waals surface area contributed by atoms with E-state index in [1.165, 1.54) is 25.7 Å². The van der Waals surface area contributed by atoms with Gasteiger partial charge in [-0.15, -0.1) is 0 Å². The van der Waals surface area contributed by atoms with Crippen molar-refractivity contribution in [3.63, 3.8) is 0 Å². The molecule has 0 amide bonds. The molecule has 0 aliphatic carbocycles. The second-order valence-corrected chi connectivity index (χ2v) is 6.48. The molecule has 2 saturated heterocycles. The standard InChI is InChI=1S/C14H26N4/c1-4-10(2)18-13(15)16-9-14(18)7-11-5-6-12(8-14)17(11)3/h10-12H,4-9H2,1-3H3,(H2,15,16). The van der Waals surface area contributed by atoms with Crippen LogP contribution in [0.3, 0.4) is 0 Å². The van der Waals surface area contributed by atoms with E-state index in [0.29, 0.717) is 6.04 Å². The van der Waals surface area contributed by atoms with E-state index in [9.17, 15) is 0 Å². The monoisotopic (exact) mass is 250 g/mol. The van der Waals surface area contributed by atoms with Crippen LogP contribution >= 0.6 is 0 Å². The molecule has 102 valence electrons. The zero-order valence-electron chi connectivity index (χ0n) is 11.9. The molecule has 3 atom stereocenters. The first-order chi connectivity index (χ1) is 8.57. The second-order valence-electron chi connectivity index (χ2n) is 6.48. The van der Waals surface area contributed by atoms with Gasteiger partial charge in [0.15, 0.2) is 5.96 Å². The summed E-state index contributed by atoms with van der Waals surface area (Å²) in [6, 6.07) is 2.01. The van der Waals surface area contributed by atoms with E-state index >= 15 is 0 Å². The van der Waals surface area contributed by atoms with E-state index in [2.05, 4.69) is 35.7 Å². The number of rotatable bonds is 2. The second kappa shape index (κ2) is 4.12. The van der Waals surface area contributed by atoms with Crippen LogP contribution in [0.5, 0.6) is 0 Å². The largest absolute Gasteiger partial charge is 0.370 e. The third-order valence-electron chi connectivity index (χ3n) is 5.54. The molecule has 0 aromatic heterocycles. The van der Waals surface area contributed by atoms with Crippen LogP contribution in [0.4, 0.5) is 0 Å². The average molecular weight is 250 g/mol. The molecule has 1 spiro atoms. The Kier molecular flexibility index (Phi) is 2.81. The van der Waals surface area contributed by atoms with Crippen molar-refractivity contribution in [2.24, 2.45) is 10.7 Å². The average Bonchev–Trinajstić information content (AvgIpc) is 2.75. The van der Waals surface area contributed by atoms with E-state index in [4.69, 9.17) is 5.73 Å². The summed E-state index contributed by atoms with van der Waals surface area (Å²) in [6.07, 6.45) is 6.35. The first kappa shape index (κ1) is 12.3. The number of fused-ring (bicyclic) bond motifs is 2. The number of aliphatic imine (C=N–C) groups is 1. The fourth-order valence-corrected chi connectivity index (χ4v) is 4.37. The Hall–Kier alpha value is -0.770. The summed E-state index contributed by atoms with van der Waals surface area (Å²) in [5, 5.41) is 0. The zero-order chi connectivity index (χ0) is 12.9. The van der Waals surface area contributed by atoms with Gasteiger partial charge in [0, 0.05) is 18.1 Å². The van der Waals surface area contributed by atoms with E-state index in [1.54, 1.807) is 0 Å². The highest BCUT2D eigenvalue weighted by Crippen LogP contribution is 2.45. The molecule has 3 aliphatic heterocycles. The number of nitrogens with two attached hydrogens (primary N) is 1. The maximum absolute atomic E-state index is 6.17. The summed E-state index contributed by atoms with van der Waals surface area (Å²) in [4.78, 5) is 9.63. The van der Waals surface area contributed by atoms with E-state index < -0.39 is 0 Å². The van der Waals surface area contributed by atoms with Crippen LogP contribution in [-0.2, 0) is 0 Å². The maximum Gasteiger partial charge on any atom is 0.192 e. The molecule has 0 saturated carbocycles. The van der Waals surface area contributed by atoms with Crippen LogP contribution in [0, 0.1) is 0 Å². The molecular weight excluding hydrogens is 224 g/mol. The molecule has 0 aromatic rings. The van der Waals surface area contributed by atoms with Gasteiger partial charge in [-0.05, 0) is 46.1 Å². The van der Waals surface area contributed by atoms with Gasteiger partial charge in [0.2, 0.25) is 0 Å². The summed E-state index contributed by atoms with van der Waals surface area (Å²) in [7, 11) is 2.29. The van der Waals surface area contributed by atoms with Gasteiger partial charge in [0.05, 0.1) is 12.1 Å². The van der Waals surface area contributed by atoms with Crippen molar-refractivity contribution in [1.82, 2.24) is 9.80 Å². The molecule has 2 N–H and O–H groups in total. The van der Waals surface area contributed by atoms with Crippen LogP contribution in [0.1, 0.15) is 46.0 Å². The number of hydrogen-bond donors (Lipinski definition) is 1. The summed E-state index contributed by atoms with van der Waals surface area (Å²) < 4.78 is 0. The smallest absolute Gasteiger partial charge is 0.192 e. The predicted octanol–water partition coefficient (Wildman–Crippen LogP) is 1.41. The minimum Gasteiger partial charge on any atom is -0.370 e. The molecule has 4 heteroatoms. The van der Waals surface area contributed by atoms with Gasteiger partial charge in [-0.25, -0.2) is 0 Å². The van der Waals surface area contributed by atoms with Gasteiger partial charge in [0.25, 0.3) is 0 Å². The van der Waals surface area contributed by atoms with Crippen LogP contribution < -0.4 is 5.73 Å². The Balaban J connectivity index is 1.87. The highest BCUT2D eigenvalue weighted by molar-refractivity contribution is 5.81. The van der Waals surface area contributed by atoms with Crippen LogP contribution in [-0.4, -0.2) is 53.0 Å². The normalized spacial score (nSPS) is 41.5. The lowest BCUT2D eigenvalue weighted by atomic mass is 9.81. The lowest BCUT2D eigenvalue weighted by Gasteiger charge is -2.50. The molecule has 18 heavy (non-hydrogen) atoms. The van der Waals surface area contributed by atoms with Crippen molar-refractivity contribution in [3.05, 3.63) is 0 Å². The highest BCUT2D eigenvalue weighted by Gasteiger charge is 2.53. The van der Waals surface area contributed by atoms with Gasteiger partial charge in [-0.1, -0.05) is 6.92 Å². The first-order valence-electron chi connectivity index (χ1n) is 7.38. The van der Waals surface area contributed by atoms with E-state index in [0.717, 1.165) is 31.0 Å². The molecule has 0 aromatic carbocycles. The fraction of sp³-hybridized carbons (Fsp3) is 0.929. The predicted molar refractivity (Wildman–Crippen MR) is 74.6 cm³/mol. The Morgan fingerprint density at radius 2 is 2.00 bits per heavy atom. The molecule has 3 heterocycles. The summed E-state index contributed by atoms with van der Waals surface area (Å²) >= 11 is 0. The van der Waals surface area contributed by atoms with Crippen molar-refractivity contribution < 1.29 is 0 Å². The molecule has 3 rings (SSSR count). The van der Waals surface area contributed by atoms with Crippen molar-refractivity contribution in [1.29, 1.82) is 0 Å². The van der Waals surface area contributed by atoms with Crippen molar-refractivity contribution in [2.45, 2.75) is 69.6 Å². The lowest BCUT2D eigenvalue weighted by Crippen LogP contribution is -2.62. The zero-order valence-corrected chi connectivity index (χ0v) is 11.9. The summed E-state index contributed by atoms with van der Waals surface area (Å²) in [6.45, 7) is 5.45. The summed E-state index contributed by atoms with van der Waals surface area (Å²) in [5.41, 5.74) is 6.40. The topological polar surface area (TPSA) is 44.9 Å².